The van der Waals surface area contributed by atoms with Crippen LogP contribution in [0, 0.1) is 0 Å². The summed E-state index contributed by atoms with van der Waals surface area (Å²) in [7, 11) is 0. The Morgan fingerprint density at radius 1 is 2.00 bits per heavy atom. The first kappa shape index (κ1) is 3.43. The molecule has 2 N–H and O–H groups in total. The van der Waals surface area contributed by atoms with Crippen LogP contribution in [-0.4, -0.2) is 6.41 Å². The van der Waals surface area contributed by atoms with Crippen molar-refractivity contribution < 1.29 is 4.79 Å². The summed E-state index contributed by atoms with van der Waals surface area (Å²) >= 11 is 0. The molecule has 0 aromatic rings. The summed E-state index contributed by atoms with van der Waals surface area (Å²) < 4.78 is 0. The van der Waals surface area contributed by atoms with Crippen LogP contribution < -0.4 is 11.3 Å². The van der Waals surface area contributed by atoms with E-state index in [0.717, 1.165) is 0 Å². The van der Waals surface area contributed by atoms with Gasteiger partial charge in [-0.25, -0.2) is 5.84 Å². The van der Waals surface area contributed by atoms with Gasteiger partial charge in [0, 0.05) is 0 Å². The number of amides is 1. The van der Waals surface area contributed by atoms with E-state index in [-0.39, 0.29) is 6.41 Å². The minimum absolute atomic E-state index is 0.278. The van der Waals surface area contributed by atoms with Gasteiger partial charge in [-0.1, -0.05) is 0 Å². The van der Waals surface area contributed by atoms with Gasteiger partial charge in [0.2, 0.25) is 6.41 Å². The fourth-order valence-corrected chi connectivity index (χ4v) is 0. The fourth-order valence-electron chi connectivity index (χ4n) is 0. The second kappa shape index (κ2) is 2.43. The molecule has 4 heavy (non-hydrogen) atoms. The van der Waals surface area contributed by atoms with Crippen molar-refractivity contribution in [3.05, 3.63) is 0 Å². The Kier molecular flexibility index (Phi) is 2.08. The number of carbonyl (C=O) groups excluding carboxylic acids is 1. The molecule has 3 nitrogen and oxygen atoms in total. The molecule has 0 aliphatic carbocycles. The van der Waals surface area contributed by atoms with Crippen LogP contribution in [0.15, 0.2) is 0 Å². The molecular formula is CH3N2O. The van der Waals surface area contributed by atoms with Crippen molar-refractivity contribution in [1.82, 2.24) is 5.43 Å². The lowest BCUT2D eigenvalue weighted by atomic mass is 11.4. The summed E-state index contributed by atoms with van der Waals surface area (Å²) in [5.74, 6) is 4.28. The van der Waals surface area contributed by atoms with Crippen molar-refractivity contribution in [2.24, 2.45) is 5.84 Å². The Morgan fingerprint density at radius 2 is 2.25 bits per heavy atom. The Balaban J connectivity index is 2.30. The van der Waals surface area contributed by atoms with Crippen LogP contribution in [0.3, 0.4) is 0 Å². The van der Waals surface area contributed by atoms with E-state index in [0.29, 0.717) is 0 Å². The van der Waals surface area contributed by atoms with Gasteiger partial charge in [-0.3, -0.25) is 4.79 Å². The summed E-state index contributed by atoms with van der Waals surface area (Å²) in [5, 5.41) is 0. The third-order valence-electron chi connectivity index (χ3n) is 0.0609. The zero-order valence-corrected chi connectivity index (χ0v) is 2.01. The van der Waals surface area contributed by atoms with Gasteiger partial charge in [0.15, 0.2) is 0 Å². The highest BCUT2D eigenvalue weighted by molar-refractivity contribution is 5.43. The molecule has 1 radical (unpaired) electrons. The van der Waals surface area contributed by atoms with Gasteiger partial charge in [0.05, 0.1) is 0 Å². The molecule has 0 rings (SSSR count). The summed E-state index contributed by atoms with van der Waals surface area (Å²) in [6, 6.07) is 0. The molecule has 0 fully saturated rings. The number of hydrogen-bond donors (Lipinski definition) is 1. The highest BCUT2D eigenvalue weighted by Crippen LogP contribution is 1.07. The van der Waals surface area contributed by atoms with E-state index in [1.54, 1.807) is 0 Å². The van der Waals surface area contributed by atoms with Crippen LogP contribution in [0.2, 0.25) is 0 Å². The maximum Gasteiger partial charge on any atom is 0.244 e. The zero-order valence-electron chi connectivity index (χ0n) is 2.01. The molecule has 0 saturated heterocycles. The van der Waals surface area contributed by atoms with Crippen molar-refractivity contribution in [3.8, 4) is 0 Å². The van der Waals surface area contributed by atoms with E-state index < -0.39 is 0 Å². The average molecular weight is 59.0 g/mol. The molecule has 0 aliphatic heterocycles. The minimum Gasteiger partial charge on any atom is -0.275 e. The fraction of sp³-hybridized carbons (Fsp3) is 0. The van der Waals surface area contributed by atoms with Crippen LogP contribution in [0.4, 0.5) is 0 Å². The molecule has 0 spiro atoms. The molecule has 0 unspecified atom stereocenters. The molecule has 0 heterocycles. The van der Waals surface area contributed by atoms with Crippen molar-refractivity contribution in [1.29, 1.82) is 0 Å². The van der Waals surface area contributed by atoms with E-state index in [9.17, 15) is 0 Å². The number of nitrogens with zero attached hydrogens (tertiary/aromatic N) is 1. The molecular weight excluding hydrogens is 56.0 g/mol. The van der Waals surface area contributed by atoms with Crippen molar-refractivity contribution in [2.75, 3.05) is 0 Å². The van der Waals surface area contributed by atoms with Gasteiger partial charge < -0.3 is 0 Å². The van der Waals surface area contributed by atoms with E-state index in [2.05, 4.69) is 11.3 Å². The lowest BCUT2D eigenvalue weighted by Crippen LogP contribution is -2.08. The SMILES string of the molecule is N[N]C=O. The minimum atomic E-state index is 0.278. The Morgan fingerprint density at radius 3 is 2.25 bits per heavy atom. The highest BCUT2D eigenvalue weighted by atomic mass is 16.1. The van der Waals surface area contributed by atoms with Gasteiger partial charge in [-0.15, -0.1) is 0 Å². The largest absolute Gasteiger partial charge is 0.275 e. The number of hydrogen-bond acceptors (Lipinski definition) is 2. The lowest BCUT2D eigenvalue weighted by Gasteiger charge is -1.59. The number of nitrogens with two attached hydrogens (primary N) is 1. The summed E-state index contributed by atoms with van der Waals surface area (Å²) in [4.78, 5) is 8.88. The average Bonchev–Trinajstić information content (AvgIpc) is 1.37. The third kappa shape index (κ3) is 1.43. The first-order valence-corrected chi connectivity index (χ1v) is 0.752. The van der Waals surface area contributed by atoms with Gasteiger partial charge in [-0.05, 0) is 0 Å². The van der Waals surface area contributed by atoms with Crippen molar-refractivity contribution in [3.63, 3.8) is 0 Å². The molecule has 0 aliphatic rings. The topological polar surface area (TPSA) is 57.2 Å². The van der Waals surface area contributed by atoms with Crippen LogP contribution in [0.25, 0.3) is 0 Å². The molecule has 23 valence electrons. The second-order valence-corrected chi connectivity index (χ2v) is 0.254. The number of rotatable bonds is 1. The summed E-state index contributed by atoms with van der Waals surface area (Å²) in [6.45, 7) is 0. The monoisotopic (exact) mass is 59.0 g/mol. The normalized spacial score (nSPS) is 5.25. The first-order valence-electron chi connectivity index (χ1n) is 0.752. The molecule has 0 aromatic carbocycles. The third-order valence-corrected chi connectivity index (χ3v) is 0.0609. The zero-order chi connectivity index (χ0) is 3.41. The number of carbonyl (C=O) groups is 1. The lowest BCUT2D eigenvalue weighted by molar-refractivity contribution is -0.109. The second-order valence-electron chi connectivity index (χ2n) is 0.254. The molecule has 0 aromatic heterocycles. The molecule has 0 atom stereocenters. The van der Waals surface area contributed by atoms with Crippen molar-refractivity contribution >= 4 is 6.41 Å². The molecule has 1 amide bonds. The van der Waals surface area contributed by atoms with Crippen LogP contribution in [-0.2, 0) is 4.79 Å². The van der Waals surface area contributed by atoms with Crippen LogP contribution >= 0.6 is 0 Å². The Hall–Kier alpha value is -0.570. The van der Waals surface area contributed by atoms with Gasteiger partial charge in [-0.2, -0.15) is 5.43 Å². The summed E-state index contributed by atoms with van der Waals surface area (Å²) in [5.41, 5.74) is 2.56. The van der Waals surface area contributed by atoms with E-state index >= 15 is 0 Å². The molecule has 0 saturated carbocycles. The Labute approximate surface area is 23.8 Å². The van der Waals surface area contributed by atoms with E-state index in [4.69, 9.17) is 4.79 Å². The predicted octanol–water partition coefficient (Wildman–Crippen LogP) is -1.38. The standard InChI is InChI=1S/CH3N2O/c2-3-1-4/h1H,2H2. The van der Waals surface area contributed by atoms with Crippen LogP contribution in [0.5, 0.6) is 0 Å². The van der Waals surface area contributed by atoms with E-state index in [1.807, 2.05) is 0 Å². The van der Waals surface area contributed by atoms with Crippen molar-refractivity contribution in [2.45, 2.75) is 0 Å². The quantitative estimate of drug-likeness (QED) is 0.175. The van der Waals surface area contributed by atoms with Gasteiger partial charge in [0.1, 0.15) is 0 Å². The predicted molar refractivity (Wildman–Crippen MR) is 12.4 cm³/mol. The first-order chi connectivity index (χ1) is 1.91. The van der Waals surface area contributed by atoms with Gasteiger partial charge >= 0.3 is 0 Å². The maximum absolute atomic E-state index is 8.88. The molecule has 3 heteroatoms. The highest BCUT2D eigenvalue weighted by Gasteiger charge is 1.48. The van der Waals surface area contributed by atoms with Crippen LogP contribution in [0.1, 0.15) is 0 Å². The summed E-state index contributed by atoms with van der Waals surface area (Å²) in [6.07, 6.45) is 0.278. The van der Waals surface area contributed by atoms with E-state index in [1.165, 1.54) is 0 Å². The smallest absolute Gasteiger partial charge is 0.244 e. The molecule has 0 bridgehead atoms. The van der Waals surface area contributed by atoms with Gasteiger partial charge in [0.25, 0.3) is 0 Å². The maximum atomic E-state index is 8.88. The Bertz CT molecular complexity index is 20.0.